The Morgan fingerprint density at radius 1 is 1.82 bits per heavy atom. The maximum atomic E-state index is 10.8. The maximum Gasteiger partial charge on any atom is 0.302 e. The number of aromatic nitrogens is 1. The van der Waals surface area contributed by atoms with Gasteiger partial charge in [-0.05, 0) is 4.83 Å². The van der Waals surface area contributed by atoms with Crippen LogP contribution in [0.1, 0.15) is 0 Å². The second-order valence-corrected chi connectivity index (χ2v) is 2.80. The predicted octanol–water partition coefficient (Wildman–Crippen LogP) is 1.44. The lowest BCUT2D eigenvalue weighted by molar-refractivity contribution is -0.111. The quantitative estimate of drug-likeness (QED) is 0.743. The van der Waals surface area contributed by atoms with Crippen molar-refractivity contribution >= 4 is 38.3 Å². The molecule has 0 aliphatic heterocycles. The fourth-order valence-corrected chi connectivity index (χ4v) is 1.16. The van der Waals surface area contributed by atoms with Gasteiger partial charge in [-0.2, -0.15) is 0 Å². The minimum Gasteiger partial charge on any atom is -0.291 e. The van der Waals surface area contributed by atoms with E-state index in [0.29, 0.717) is 5.13 Å². The largest absolute Gasteiger partial charge is 0.302 e. The molecule has 0 aromatic carbocycles. The number of rotatable bonds is 1. The Kier molecular flexibility index (Phi) is 3.08. The van der Waals surface area contributed by atoms with Crippen LogP contribution in [0.4, 0.5) is 5.13 Å². The summed E-state index contributed by atoms with van der Waals surface area (Å²) < 4.78 is 0. The molecule has 0 aliphatic rings. The zero-order chi connectivity index (χ0) is 8.10. The molecule has 5 heteroatoms. The van der Waals surface area contributed by atoms with Crippen LogP contribution in [-0.2, 0) is 4.79 Å². The number of thiazole rings is 1. The Labute approximate surface area is 76.0 Å². The SMILES string of the molecule is O=C(C#CBr)Nc1nccs1. The number of carbonyl (C=O) groups excluding carboxylic acids is 1. The lowest BCUT2D eigenvalue weighted by Gasteiger charge is -1.90. The predicted molar refractivity (Wildman–Crippen MR) is 47.4 cm³/mol. The highest BCUT2D eigenvalue weighted by Gasteiger charge is 1.97. The summed E-state index contributed by atoms with van der Waals surface area (Å²) in [5, 5.41) is 4.82. The number of nitrogens with zero attached hydrogens (tertiary/aromatic N) is 1. The normalized spacial score (nSPS) is 8.09. The summed E-state index contributed by atoms with van der Waals surface area (Å²) >= 11 is 4.17. The van der Waals surface area contributed by atoms with Gasteiger partial charge in [-0.1, -0.05) is 0 Å². The minimum atomic E-state index is -0.364. The van der Waals surface area contributed by atoms with Gasteiger partial charge >= 0.3 is 5.91 Å². The van der Waals surface area contributed by atoms with E-state index in [2.05, 4.69) is 37.0 Å². The number of anilines is 1. The number of nitrogens with one attached hydrogen (secondary N) is 1. The van der Waals surface area contributed by atoms with Crippen molar-refractivity contribution in [3.63, 3.8) is 0 Å². The highest BCUT2D eigenvalue weighted by atomic mass is 79.9. The highest BCUT2D eigenvalue weighted by Crippen LogP contribution is 2.09. The van der Waals surface area contributed by atoms with Crippen molar-refractivity contribution in [1.29, 1.82) is 0 Å². The van der Waals surface area contributed by atoms with E-state index in [1.54, 1.807) is 11.6 Å². The zero-order valence-corrected chi connectivity index (χ0v) is 7.70. The molecule has 56 valence electrons. The number of halogens is 1. The van der Waals surface area contributed by atoms with E-state index in [0.717, 1.165) is 0 Å². The Morgan fingerprint density at radius 3 is 3.18 bits per heavy atom. The van der Waals surface area contributed by atoms with Gasteiger partial charge in [0.15, 0.2) is 5.13 Å². The van der Waals surface area contributed by atoms with Gasteiger partial charge in [0, 0.05) is 33.4 Å². The van der Waals surface area contributed by atoms with Gasteiger partial charge in [0.05, 0.1) is 0 Å². The van der Waals surface area contributed by atoms with Crippen LogP contribution in [0.2, 0.25) is 0 Å². The van der Waals surface area contributed by atoms with Gasteiger partial charge in [-0.15, -0.1) is 11.3 Å². The molecule has 1 aromatic rings. The van der Waals surface area contributed by atoms with E-state index in [9.17, 15) is 4.79 Å². The molecular weight excluding hydrogens is 228 g/mol. The molecule has 0 saturated heterocycles. The van der Waals surface area contributed by atoms with Crippen LogP contribution in [0.15, 0.2) is 11.6 Å². The molecular formula is C6H3BrN2OS. The fraction of sp³-hybridized carbons (Fsp3) is 0. The summed E-state index contributed by atoms with van der Waals surface area (Å²) in [6.45, 7) is 0. The van der Waals surface area contributed by atoms with Crippen LogP contribution in [0.3, 0.4) is 0 Å². The van der Waals surface area contributed by atoms with Gasteiger partial charge in [-0.3, -0.25) is 10.1 Å². The van der Waals surface area contributed by atoms with Crippen LogP contribution in [0, 0.1) is 10.8 Å². The lowest BCUT2D eigenvalue weighted by atomic mass is 10.6. The Morgan fingerprint density at radius 2 is 2.64 bits per heavy atom. The fourth-order valence-electron chi connectivity index (χ4n) is 0.456. The number of amides is 1. The highest BCUT2D eigenvalue weighted by molar-refractivity contribution is 9.12. The van der Waals surface area contributed by atoms with Crippen molar-refractivity contribution in [3.05, 3.63) is 11.6 Å². The van der Waals surface area contributed by atoms with E-state index >= 15 is 0 Å². The zero-order valence-electron chi connectivity index (χ0n) is 5.30. The Bertz CT molecular complexity index is 298. The van der Waals surface area contributed by atoms with Crippen LogP contribution >= 0.6 is 27.3 Å². The molecule has 11 heavy (non-hydrogen) atoms. The molecule has 1 rings (SSSR count). The van der Waals surface area contributed by atoms with Gasteiger partial charge in [-0.25, -0.2) is 4.98 Å². The first-order valence-electron chi connectivity index (χ1n) is 2.65. The van der Waals surface area contributed by atoms with Crippen LogP contribution in [0.5, 0.6) is 0 Å². The molecule has 0 spiro atoms. The second kappa shape index (κ2) is 4.11. The molecule has 0 unspecified atom stereocenters. The van der Waals surface area contributed by atoms with Crippen molar-refractivity contribution in [1.82, 2.24) is 4.98 Å². The first-order valence-corrected chi connectivity index (χ1v) is 4.32. The summed E-state index contributed by atoms with van der Waals surface area (Å²) in [6, 6.07) is 0. The molecule has 1 N–H and O–H groups in total. The summed E-state index contributed by atoms with van der Waals surface area (Å²) in [5.41, 5.74) is 0. The molecule has 3 nitrogen and oxygen atoms in total. The molecule has 0 atom stereocenters. The number of carbonyl (C=O) groups is 1. The summed E-state index contributed by atoms with van der Waals surface area (Å²) in [5.74, 6) is 1.90. The van der Waals surface area contributed by atoms with Crippen molar-refractivity contribution in [2.75, 3.05) is 5.32 Å². The topological polar surface area (TPSA) is 42.0 Å². The molecule has 0 bridgehead atoms. The van der Waals surface area contributed by atoms with Gasteiger partial charge in [0.1, 0.15) is 0 Å². The van der Waals surface area contributed by atoms with Crippen molar-refractivity contribution < 1.29 is 4.79 Å². The van der Waals surface area contributed by atoms with Crippen molar-refractivity contribution in [3.8, 4) is 10.8 Å². The standard InChI is InChI=1S/C6H3BrN2OS/c7-2-1-5(10)9-6-8-3-4-11-6/h3-4H,(H,8,9,10). The maximum absolute atomic E-state index is 10.8. The van der Waals surface area contributed by atoms with Crippen LogP contribution < -0.4 is 5.32 Å². The smallest absolute Gasteiger partial charge is 0.291 e. The van der Waals surface area contributed by atoms with Crippen LogP contribution in [-0.4, -0.2) is 10.9 Å². The molecule has 1 aromatic heterocycles. The summed E-state index contributed by atoms with van der Waals surface area (Å²) in [7, 11) is 0. The molecule has 0 aliphatic carbocycles. The minimum absolute atomic E-state index is 0.364. The summed E-state index contributed by atoms with van der Waals surface area (Å²) in [4.78, 5) is 16.9. The van der Waals surface area contributed by atoms with E-state index < -0.39 is 0 Å². The average molecular weight is 231 g/mol. The summed E-state index contributed by atoms with van der Waals surface area (Å²) in [6.07, 6.45) is 1.61. The number of hydrogen-bond acceptors (Lipinski definition) is 3. The molecule has 0 fully saturated rings. The van der Waals surface area contributed by atoms with Gasteiger partial charge in [0.2, 0.25) is 0 Å². The third-order valence-corrected chi connectivity index (χ3v) is 1.70. The monoisotopic (exact) mass is 230 g/mol. The van der Waals surface area contributed by atoms with Gasteiger partial charge in [0.25, 0.3) is 0 Å². The Hall–Kier alpha value is -0.860. The second-order valence-electron chi connectivity index (χ2n) is 1.51. The Balaban J connectivity index is 2.55. The molecule has 1 heterocycles. The number of hydrogen-bond donors (Lipinski definition) is 1. The molecule has 0 saturated carbocycles. The average Bonchev–Trinajstić information content (AvgIpc) is 2.40. The van der Waals surface area contributed by atoms with Crippen LogP contribution in [0.25, 0.3) is 0 Å². The van der Waals surface area contributed by atoms with Crippen molar-refractivity contribution in [2.24, 2.45) is 0 Å². The third kappa shape index (κ3) is 2.70. The third-order valence-electron chi connectivity index (χ3n) is 0.814. The molecule has 0 radical (unpaired) electrons. The first-order chi connectivity index (χ1) is 5.33. The van der Waals surface area contributed by atoms with Gasteiger partial charge < -0.3 is 0 Å². The van der Waals surface area contributed by atoms with E-state index in [1.807, 2.05) is 0 Å². The van der Waals surface area contributed by atoms with Crippen molar-refractivity contribution in [2.45, 2.75) is 0 Å². The van der Waals surface area contributed by atoms with E-state index in [-0.39, 0.29) is 5.91 Å². The molecule has 1 amide bonds. The van der Waals surface area contributed by atoms with E-state index in [4.69, 9.17) is 0 Å². The first kappa shape index (κ1) is 8.24. The lowest BCUT2D eigenvalue weighted by Crippen LogP contribution is -2.07. The van der Waals surface area contributed by atoms with E-state index in [1.165, 1.54) is 11.3 Å².